The van der Waals surface area contributed by atoms with Crippen LogP contribution in [-0.2, 0) is 6.61 Å². The molecule has 4 nitrogen and oxygen atoms in total. The van der Waals surface area contributed by atoms with E-state index in [-0.39, 0.29) is 6.61 Å². The molecule has 106 valence electrons. The van der Waals surface area contributed by atoms with Crippen LogP contribution in [0.3, 0.4) is 0 Å². The number of aromatic nitrogens is 2. The zero-order chi connectivity index (χ0) is 13.8. The number of aliphatic hydroxyl groups excluding tert-OH is 1. The molecule has 1 N–H and O–H groups in total. The molecule has 0 aliphatic heterocycles. The van der Waals surface area contributed by atoms with Crippen LogP contribution in [0.15, 0.2) is 11.6 Å². The Kier molecular flexibility index (Phi) is 4.82. The van der Waals surface area contributed by atoms with Gasteiger partial charge < -0.3 is 10.0 Å². The fraction of sp³-hybridized carbons (Fsp3) is 0.643. The van der Waals surface area contributed by atoms with E-state index in [4.69, 9.17) is 0 Å². The van der Waals surface area contributed by atoms with Crippen molar-refractivity contribution in [1.29, 1.82) is 0 Å². The SMILES string of the molecule is CCC(CC)CN(CC)c1nc2sccn2c1CO. The zero-order valence-electron chi connectivity index (χ0n) is 12.0. The van der Waals surface area contributed by atoms with Gasteiger partial charge in [0.15, 0.2) is 10.8 Å². The van der Waals surface area contributed by atoms with Crippen molar-refractivity contribution in [3.63, 3.8) is 0 Å². The van der Waals surface area contributed by atoms with Crippen LogP contribution in [0.1, 0.15) is 39.3 Å². The molecule has 0 saturated heterocycles. The van der Waals surface area contributed by atoms with Crippen molar-refractivity contribution in [2.75, 3.05) is 18.0 Å². The van der Waals surface area contributed by atoms with E-state index in [0.29, 0.717) is 5.92 Å². The van der Waals surface area contributed by atoms with Crippen LogP contribution in [0.5, 0.6) is 0 Å². The van der Waals surface area contributed by atoms with E-state index in [1.54, 1.807) is 11.3 Å². The van der Waals surface area contributed by atoms with Crippen LogP contribution in [0.4, 0.5) is 5.82 Å². The van der Waals surface area contributed by atoms with E-state index >= 15 is 0 Å². The minimum atomic E-state index is 0.0344. The Hall–Kier alpha value is -1.07. The second-order valence-corrected chi connectivity index (χ2v) is 5.69. The predicted molar refractivity (Wildman–Crippen MR) is 81.0 cm³/mol. The average molecular weight is 281 g/mol. The van der Waals surface area contributed by atoms with Crippen LogP contribution in [-0.4, -0.2) is 27.6 Å². The average Bonchev–Trinajstić information content (AvgIpc) is 3.00. The predicted octanol–water partition coefficient (Wildman–Crippen LogP) is 3.15. The molecule has 0 atom stereocenters. The molecule has 0 spiro atoms. The van der Waals surface area contributed by atoms with Gasteiger partial charge in [-0.3, -0.25) is 4.40 Å². The molecule has 5 heteroatoms. The summed E-state index contributed by atoms with van der Waals surface area (Å²) in [7, 11) is 0. The third kappa shape index (κ3) is 2.77. The van der Waals surface area contributed by atoms with Gasteiger partial charge in [-0.05, 0) is 12.8 Å². The molecule has 2 aromatic heterocycles. The van der Waals surface area contributed by atoms with E-state index in [0.717, 1.165) is 29.6 Å². The lowest BCUT2D eigenvalue weighted by atomic mass is 10.0. The molecule has 0 bridgehead atoms. The van der Waals surface area contributed by atoms with Crippen LogP contribution < -0.4 is 4.90 Å². The molecule has 0 aliphatic rings. The van der Waals surface area contributed by atoms with E-state index in [1.807, 2.05) is 16.0 Å². The smallest absolute Gasteiger partial charge is 0.195 e. The number of aliphatic hydroxyl groups is 1. The van der Waals surface area contributed by atoms with Crippen LogP contribution >= 0.6 is 11.3 Å². The number of hydrogen-bond acceptors (Lipinski definition) is 4. The Bertz CT molecular complexity index is 516. The summed E-state index contributed by atoms with van der Waals surface area (Å²) < 4.78 is 2.00. The first-order chi connectivity index (χ1) is 9.24. The lowest BCUT2D eigenvalue weighted by Gasteiger charge is -2.26. The Balaban J connectivity index is 2.31. The third-order valence-electron chi connectivity index (χ3n) is 3.80. The first-order valence-electron chi connectivity index (χ1n) is 7.05. The first-order valence-corrected chi connectivity index (χ1v) is 7.93. The molecule has 0 saturated carbocycles. The van der Waals surface area contributed by atoms with Crippen LogP contribution in [0, 0.1) is 5.92 Å². The van der Waals surface area contributed by atoms with E-state index in [2.05, 4.69) is 30.7 Å². The van der Waals surface area contributed by atoms with Crippen molar-refractivity contribution in [2.45, 2.75) is 40.2 Å². The normalized spacial score (nSPS) is 11.6. The Morgan fingerprint density at radius 2 is 2.11 bits per heavy atom. The van der Waals surface area contributed by atoms with Gasteiger partial charge in [-0.15, -0.1) is 11.3 Å². The lowest BCUT2D eigenvalue weighted by molar-refractivity contribution is 0.276. The zero-order valence-corrected chi connectivity index (χ0v) is 12.8. The molecular weight excluding hydrogens is 258 g/mol. The highest BCUT2D eigenvalue weighted by atomic mass is 32.1. The number of thiazole rings is 1. The lowest BCUT2D eigenvalue weighted by Crippen LogP contribution is -2.30. The maximum atomic E-state index is 9.63. The quantitative estimate of drug-likeness (QED) is 0.847. The van der Waals surface area contributed by atoms with Gasteiger partial charge in [0.2, 0.25) is 0 Å². The molecule has 0 radical (unpaired) electrons. The first kappa shape index (κ1) is 14.3. The van der Waals surface area contributed by atoms with Crippen LogP contribution in [0.2, 0.25) is 0 Å². The van der Waals surface area contributed by atoms with Crippen molar-refractivity contribution in [2.24, 2.45) is 5.92 Å². The number of rotatable bonds is 7. The molecule has 2 aromatic rings. The molecule has 2 rings (SSSR count). The van der Waals surface area contributed by atoms with E-state index < -0.39 is 0 Å². The highest BCUT2D eigenvalue weighted by Crippen LogP contribution is 2.26. The molecular formula is C14H23N3OS. The second-order valence-electron chi connectivity index (χ2n) is 4.82. The van der Waals surface area contributed by atoms with Crippen LogP contribution in [0.25, 0.3) is 4.96 Å². The van der Waals surface area contributed by atoms with Gasteiger partial charge in [0.05, 0.1) is 12.3 Å². The fourth-order valence-electron chi connectivity index (χ4n) is 2.45. The van der Waals surface area contributed by atoms with Crippen molar-refractivity contribution >= 4 is 22.1 Å². The fourth-order valence-corrected chi connectivity index (χ4v) is 3.17. The van der Waals surface area contributed by atoms with Gasteiger partial charge in [-0.1, -0.05) is 26.7 Å². The van der Waals surface area contributed by atoms with E-state index in [9.17, 15) is 5.11 Å². The molecule has 0 aromatic carbocycles. The summed E-state index contributed by atoms with van der Waals surface area (Å²) in [6, 6.07) is 0. The summed E-state index contributed by atoms with van der Waals surface area (Å²) in [6.45, 7) is 8.60. The molecule has 0 amide bonds. The highest BCUT2D eigenvalue weighted by Gasteiger charge is 2.19. The van der Waals surface area contributed by atoms with Crippen molar-refractivity contribution < 1.29 is 5.11 Å². The summed E-state index contributed by atoms with van der Waals surface area (Å²) in [6.07, 6.45) is 4.35. The minimum absolute atomic E-state index is 0.0344. The summed E-state index contributed by atoms with van der Waals surface area (Å²) >= 11 is 1.61. The summed E-state index contributed by atoms with van der Waals surface area (Å²) in [5, 5.41) is 11.6. The molecule has 0 fully saturated rings. The van der Waals surface area contributed by atoms with E-state index in [1.165, 1.54) is 12.8 Å². The van der Waals surface area contributed by atoms with Gasteiger partial charge in [0.25, 0.3) is 0 Å². The monoisotopic (exact) mass is 281 g/mol. The molecule has 19 heavy (non-hydrogen) atoms. The number of nitrogens with zero attached hydrogens (tertiary/aromatic N) is 3. The minimum Gasteiger partial charge on any atom is -0.390 e. The Labute approximate surface area is 118 Å². The third-order valence-corrected chi connectivity index (χ3v) is 4.56. The maximum Gasteiger partial charge on any atom is 0.195 e. The van der Waals surface area contributed by atoms with Gasteiger partial charge in [-0.25, -0.2) is 4.98 Å². The standard InChI is InChI=1S/C14H23N3OS/c1-4-11(5-2)9-16(6-3)13-12(10-18)17-7-8-19-14(17)15-13/h7-8,11,18H,4-6,9-10H2,1-3H3. The Morgan fingerprint density at radius 3 is 2.68 bits per heavy atom. The number of imidazole rings is 1. The molecule has 2 heterocycles. The summed E-state index contributed by atoms with van der Waals surface area (Å²) in [5.74, 6) is 1.63. The van der Waals surface area contributed by atoms with Gasteiger partial charge in [0, 0.05) is 24.7 Å². The summed E-state index contributed by atoms with van der Waals surface area (Å²) in [4.78, 5) is 7.94. The summed E-state index contributed by atoms with van der Waals surface area (Å²) in [5.41, 5.74) is 0.907. The maximum absolute atomic E-state index is 9.63. The topological polar surface area (TPSA) is 40.8 Å². The van der Waals surface area contributed by atoms with Crippen molar-refractivity contribution in [3.05, 3.63) is 17.3 Å². The van der Waals surface area contributed by atoms with Gasteiger partial charge in [0.1, 0.15) is 0 Å². The van der Waals surface area contributed by atoms with Crippen molar-refractivity contribution in [3.8, 4) is 0 Å². The number of hydrogen-bond donors (Lipinski definition) is 1. The number of fused-ring (bicyclic) bond motifs is 1. The van der Waals surface area contributed by atoms with Crippen molar-refractivity contribution in [1.82, 2.24) is 9.38 Å². The van der Waals surface area contributed by atoms with Gasteiger partial charge in [-0.2, -0.15) is 0 Å². The highest BCUT2D eigenvalue weighted by molar-refractivity contribution is 7.15. The molecule has 0 unspecified atom stereocenters. The number of anilines is 1. The largest absolute Gasteiger partial charge is 0.390 e. The van der Waals surface area contributed by atoms with Gasteiger partial charge >= 0.3 is 0 Å². The Morgan fingerprint density at radius 1 is 1.37 bits per heavy atom. The molecule has 0 aliphatic carbocycles. The second kappa shape index (κ2) is 6.39.